The largest absolute Gasteiger partial charge is 0.346 e. The Labute approximate surface area is 225 Å². The Balaban J connectivity index is 1.29. The SMILES string of the molecule is O=C(NNC(=O)C1=CN(CC(=O)c2ccc(Cl)s2)C=CC1)C1=CN(CC(=O)c2ccc(Cl)s2)C=CC1. The minimum absolute atomic E-state index is 0.0575. The number of amides is 2. The smallest absolute Gasteiger partial charge is 0.267 e. The molecule has 2 amide bonds. The third-order valence-corrected chi connectivity index (χ3v) is 7.68. The maximum Gasteiger partial charge on any atom is 0.267 e. The number of rotatable bonds is 8. The molecule has 2 aliphatic heterocycles. The summed E-state index contributed by atoms with van der Waals surface area (Å²) in [5, 5.41) is 0. The zero-order chi connectivity index (χ0) is 25.7. The average molecular weight is 563 g/mol. The van der Waals surface area contributed by atoms with Crippen LogP contribution in [-0.2, 0) is 9.59 Å². The summed E-state index contributed by atoms with van der Waals surface area (Å²) in [6.07, 6.45) is 10.8. The van der Waals surface area contributed by atoms with E-state index < -0.39 is 11.8 Å². The summed E-state index contributed by atoms with van der Waals surface area (Å²) in [4.78, 5) is 54.3. The molecule has 4 heterocycles. The van der Waals surface area contributed by atoms with Crippen molar-refractivity contribution in [2.24, 2.45) is 0 Å². The van der Waals surface area contributed by atoms with Crippen LogP contribution < -0.4 is 10.9 Å². The molecular formula is C24H20Cl2N4O4S2. The van der Waals surface area contributed by atoms with Crippen LogP contribution in [0, 0.1) is 0 Å². The number of carbonyl (C=O) groups excluding carboxylic acids is 4. The van der Waals surface area contributed by atoms with Gasteiger partial charge in [0.15, 0.2) is 11.6 Å². The van der Waals surface area contributed by atoms with Gasteiger partial charge in [-0.3, -0.25) is 30.0 Å². The van der Waals surface area contributed by atoms with Crippen molar-refractivity contribution in [1.82, 2.24) is 20.7 Å². The minimum Gasteiger partial charge on any atom is -0.346 e. The van der Waals surface area contributed by atoms with E-state index in [0.29, 0.717) is 42.4 Å². The Morgan fingerprint density at radius 3 is 1.50 bits per heavy atom. The molecule has 0 unspecified atom stereocenters. The van der Waals surface area contributed by atoms with Gasteiger partial charge in [-0.1, -0.05) is 35.4 Å². The van der Waals surface area contributed by atoms with Crippen molar-refractivity contribution in [2.45, 2.75) is 12.8 Å². The molecule has 0 radical (unpaired) electrons. The second-order valence-corrected chi connectivity index (χ2v) is 11.2. The molecule has 2 aromatic heterocycles. The number of nitrogens with zero attached hydrogens (tertiary/aromatic N) is 2. The summed E-state index contributed by atoms with van der Waals surface area (Å²) >= 11 is 14.2. The van der Waals surface area contributed by atoms with Crippen molar-refractivity contribution in [3.63, 3.8) is 0 Å². The lowest BCUT2D eigenvalue weighted by Gasteiger charge is -2.21. The van der Waals surface area contributed by atoms with E-state index in [-0.39, 0.29) is 24.7 Å². The molecule has 0 saturated heterocycles. The summed E-state index contributed by atoms with van der Waals surface area (Å²) in [6, 6.07) is 6.66. The van der Waals surface area contributed by atoms with Crippen molar-refractivity contribution >= 4 is 69.3 Å². The van der Waals surface area contributed by atoms with E-state index in [0.717, 1.165) is 0 Å². The molecule has 0 aromatic carbocycles. The fourth-order valence-corrected chi connectivity index (χ4v) is 5.36. The molecule has 0 fully saturated rings. The molecule has 2 aromatic rings. The van der Waals surface area contributed by atoms with Gasteiger partial charge in [-0.2, -0.15) is 0 Å². The number of hydrazine groups is 1. The maximum absolute atomic E-state index is 12.6. The van der Waals surface area contributed by atoms with Crippen LogP contribution in [-0.4, -0.2) is 46.3 Å². The summed E-state index contributed by atoms with van der Waals surface area (Å²) in [7, 11) is 0. The van der Waals surface area contributed by atoms with Gasteiger partial charge in [0.05, 0.1) is 31.5 Å². The molecule has 12 heteroatoms. The molecular weight excluding hydrogens is 543 g/mol. The fraction of sp³-hybridized carbons (Fsp3) is 0.167. The molecule has 0 saturated carbocycles. The number of thiophene rings is 2. The normalized spacial score (nSPS) is 14.8. The van der Waals surface area contributed by atoms with E-state index in [2.05, 4.69) is 10.9 Å². The predicted molar refractivity (Wildman–Crippen MR) is 141 cm³/mol. The zero-order valence-electron chi connectivity index (χ0n) is 18.7. The lowest BCUT2D eigenvalue weighted by atomic mass is 10.1. The standard InChI is InChI=1S/C24H20Cl2N4O4S2/c25-21-7-5-19(35-21)17(31)13-29-9-1-3-15(11-29)23(33)27-28-24(34)16-4-2-10-30(12-16)14-18(32)20-6-8-22(26)36-20/h1-2,5-12H,3-4,13-14H2,(H,27,33)(H,28,34). The fourth-order valence-electron chi connectivity index (χ4n) is 3.41. The lowest BCUT2D eigenvalue weighted by Crippen LogP contribution is -2.44. The maximum atomic E-state index is 12.6. The number of ketones is 2. The number of halogens is 2. The van der Waals surface area contributed by atoms with Gasteiger partial charge in [-0.25, -0.2) is 0 Å². The molecule has 0 spiro atoms. The van der Waals surface area contributed by atoms with Crippen molar-refractivity contribution < 1.29 is 19.2 Å². The molecule has 2 aliphatic rings. The molecule has 36 heavy (non-hydrogen) atoms. The number of hydrogen-bond acceptors (Lipinski definition) is 8. The molecule has 0 atom stereocenters. The van der Waals surface area contributed by atoms with E-state index in [4.69, 9.17) is 23.2 Å². The Morgan fingerprint density at radius 1 is 0.722 bits per heavy atom. The molecule has 2 N–H and O–H groups in total. The highest BCUT2D eigenvalue weighted by atomic mass is 35.5. The van der Waals surface area contributed by atoms with Crippen LogP contribution in [0.1, 0.15) is 32.2 Å². The van der Waals surface area contributed by atoms with Gasteiger partial charge in [0.2, 0.25) is 0 Å². The quantitative estimate of drug-likeness (QED) is 0.362. The van der Waals surface area contributed by atoms with E-state index in [1.807, 2.05) is 0 Å². The first-order valence-electron chi connectivity index (χ1n) is 10.7. The first kappa shape index (κ1) is 25.9. The van der Waals surface area contributed by atoms with Crippen LogP contribution in [0.5, 0.6) is 0 Å². The first-order valence-corrected chi connectivity index (χ1v) is 13.1. The number of carbonyl (C=O) groups is 4. The number of hydrogen-bond donors (Lipinski definition) is 2. The highest BCUT2D eigenvalue weighted by molar-refractivity contribution is 7.18. The molecule has 186 valence electrons. The topological polar surface area (TPSA) is 98.8 Å². The summed E-state index contributed by atoms with van der Waals surface area (Å²) in [6.45, 7) is 0.115. The second-order valence-electron chi connectivity index (χ2n) is 7.79. The Morgan fingerprint density at radius 2 is 1.14 bits per heavy atom. The van der Waals surface area contributed by atoms with E-state index >= 15 is 0 Å². The van der Waals surface area contributed by atoms with E-state index in [9.17, 15) is 19.2 Å². The van der Waals surface area contributed by atoms with Gasteiger partial charge < -0.3 is 9.80 Å². The highest BCUT2D eigenvalue weighted by Gasteiger charge is 2.20. The van der Waals surface area contributed by atoms with Crippen LogP contribution in [0.25, 0.3) is 0 Å². The lowest BCUT2D eigenvalue weighted by molar-refractivity contribution is -0.125. The molecule has 8 nitrogen and oxygen atoms in total. The van der Waals surface area contributed by atoms with Crippen LogP contribution in [0.15, 0.2) is 72.4 Å². The van der Waals surface area contributed by atoms with Gasteiger partial charge in [0, 0.05) is 35.9 Å². The van der Waals surface area contributed by atoms with E-state index in [1.54, 1.807) is 71.0 Å². The monoisotopic (exact) mass is 562 g/mol. The Hall–Kier alpha value is -3.18. The number of allylic oxidation sites excluding steroid dienone is 2. The second kappa shape index (κ2) is 11.7. The summed E-state index contributed by atoms with van der Waals surface area (Å²) < 4.78 is 1.06. The van der Waals surface area contributed by atoms with E-state index in [1.165, 1.54) is 22.7 Å². The number of Topliss-reactive ketones (excluding diaryl/α,β-unsaturated/α-hetero) is 2. The van der Waals surface area contributed by atoms with Gasteiger partial charge in [-0.05, 0) is 37.1 Å². The van der Waals surface area contributed by atoms with Crippen molar-refractivity contribution in [2.75, 3.05) is 13.1 Å². The van der Waals surface area contributed by atoms with Gasteiger partial charge in [0.1, 0.15) is 0 Å². The van der Waals surface area contributed by atoms with Crippen LogP contribution in [0.4, 0.5) is 0 Å². The predicted octanol–water partition coefficient (Wildman–Crippen LogP) is 4.54. The minimum atomic E-state index is -0.488. The van der Waals surface area contributed by atoms with Crippen molar-refractivity contribution in [3.8, 4) is 0 Å². The zero-order valence-corrected chi connectivity index (χ0v) is 21.8. The van der Waals surface area contributed by atoms with Gasteiger partial charge in [-0.15, -0.1) is 22.7 Å². The summed E-state index contributed by atoms with van der Waals surface area (Å²) in [5.41, 5.74) is 5.59. The molecule has 4 rings (SSSR count). The van der Waals surface area contributed by atoms with Crippen molar-refractivity contribution in [1.29, 1.82) is 0 Å². The summed E-state index contributed by atoms with van der Waals surface area (Å²) in [5.74, 6) is -1.22. The third-order valence-electron chi connectivity index (χ3n) is 5.13. The van der Waals surface area contributed by atoms with Crippen molar-refractivity contribution in [3.05, 3.63) is 90.8 Å². The average Bonchev–Trinajstić information content (AvgIpc) is 3.51. The van der Waals surface area contributed by atoms with Crippen LogP contribution >= 0.6 is 45.9 Å². The molecule has 0 bridgehead atoms. The molecule has 0 aliphatic carbocycles. The number of nitrogens with one attached hydrogen (secondary N) is 2. The Bertz CT molecular complexity index is 1220. The van der Waals surface area contributed by atoms with Gasteiger partial charge in [0.25, 0.3) is 11.8 Å². The Kier molecular flexibility index (Phi) is 8.42. The van der Waals surface area contributed by atoms with Crippen LogP contribution in [0.3, 0.4) is 0 Å². The third kappa shape index (κ3) is 6.73. The van der Waals surface area contributed by atoms with Crippen LogP contribution in [0.2, 0.25) is 8.67 Å². The van der Waals surface area contributed by atoms with Gasteiger partial charge >= 0.3 is 0 Å². The highest BCUT2D eigenvalue weighted by Crippen LogP contribution is 2.24. The first-order chi connectivity index (χ1) is 17.3.